The molecule has 128 valence electrons. The van der Waals surface area contributed by atoms with Crippen LogP contribution in [0.5, 0.6) is 0 Å². The van der Waals surface area contributed by atoms with E-state index in [2.05, 4.69) is 20.4 Å². The quantitative estimate of drug-likeness (QED) is 0.616. The zero-order valence-corrected chi connectivity index (χ0v) is 14.5. The summed E-state index contributed by atoms with van der Waals surface area (Å²) in [7, 11) is 0. The molecular formula is C20H17N5O. The summed E-state index contributed by atoms with van der Waals surface area (Å²) in [6, 6.07) is 15.3. The van der Waals surface area contributed by atoms with E-state index in [1.165, 1.54) is 6.33 Å². The maximum atomic E-state index is 12.7. The highest BCUT2D eigenvalue weighted by atomic mass is 16.1. The van der Waals surface area contributed by atoms with Crippen molar-refractivity contribution in [3.8, 4) is 5.69 Å². The molecule has 0 fully saturated rings. The van der Waals surface area contributed by atoms with Crippen molar-refractivity contribution < 1.29 is 4.79 Å². The Kier molecular flexibility index (Phi) is 3.93. The van der Waals surface area contributed by atoms with Crippen molar-refractivity contribution in [1.82, 2.24) is 19.7 Å². The van der Waals surface area contributed by atoms with Gasteiger partial charge in [0, 0.05) is 11.1 Å². The van der Waals surface area contributed by atoms with Crippen molar-refractivity contribution in [2.45, 2.75) is 13.8 Å². The molecule has 0 aliphatic heterocycles. The highest BCUT2D eigenvalue weighted by Crippen LogP contribution is 2.20. The fourth-order valence-electron chi connectivity index (χ4n) is 2.86. The Morgan fingerprint density at radius 2 is 1.85 bits per heavy atom. The molecule has 26 heavy (non-hydrogen) atoms. The molecule has 6 nitrogen and oxygen atoms in total. The van der Waals surface area contributed by atoms with Gasteiger partial charge in [0.1, 0.15) is 12.7 Å². The number of aromatic nitrogens is 4. The fourth-order valence-corrected chi connectivity index (χ4v) is 2.86. The smallest absolute Gasteiger partial charge is 0.257 e. The molecule has 2 heterocycles. The van der Waals surface area contributed by atoms with Crippen LogP contribution in [0.4, 0.5) is 5.69 Å². The molecule has 0 spiro atoms. The molecule has 0 bridgehead atoms. The Labute approximate surface area is 150 Å². The van der Waals surface area contributed by atoms with Crippen LogP contribution in [0.15, 0.2) is 61.2 Å². The van der Waals surface area contributed by atoms with Gasteiger partial charge in [0.05, 0.1) is 22.5 Å². The van der Waals surface area contributed by atoms with Crippen molar-refractivity contribution >= 4 is 22.5 Å². The van der Waals surface area contributed by atoms with Gasteiger partial charge in [-0.15, -0.1) is 0 Å². The van der Waals surface area contributed by atoms with E-state index in [1.807, 2.05) is 62.4 Å². The second kappa shape index (κ2) is 6.40. The largest absolute Gasteiger partial charge is 0.322 e. The van der Waals surface area contributed by atoms with E-state index >= 15 is 0 Å². The minimum absolute atomic E-state index is 0.174. The standard InChI is InChI=1S/C20H17N5O/c1-13-3-8-19-15(9-13)10-18(14(2)23-19)20(26)24-16-4-6-17(7-5-16)25-12-21-11-22-25/h3-12H,1-2H3,(H,24,26). The molecule has 1 N–H and O–H groups in total. The van der Waals surface area contributed by atoms with E-state index < -0.39 is 0 Å². The number of anilines is 1. The topological polar surface area (TPSA) is 72.7 Å². The van der Waals surface area contributed by atoms with Gasteiger partial charge in [-0.2, -0.15) is 5.10 Å². The van der Waals surface area contributed by atoms with Crippen LogP contribution in [-0.2, 0) is 0 Å². The summed E-state index contributed by atoms with van der Waals surface area (Å²) < 4.78 is 1.66. The SMILES string of the molecule is Cc1ccc2nc(C)c(C(=O)Nc3ccc(-n4cncn4)cc3)cc2c1. The molecule has 0 atom stereocenters. The number of carbonyl (C=O) groups is 1. The summed E-state index contributed by atoms with van der Waals surface area (Å²) in [5.41, 5.74) is 4.89. The normalized spacial score (nSPS) is 10.8. The van der Waals surface area contributed by atoms with Crippen LogP contribution in [0.2, 0.25) is 0 Å². The zero-order chi connectivity index (χ0) is 18.1. The van der Waals surface area contributed by atoms with Crippen molar-refractivity contribution in [2.75, 3.05) is 5.32 Å². The second-order valence-corrected chi connectivity index (χ2v) is 6.16. The average Bonchev–Trinajstić information content (AvgIpc) is 3.17. The molecule has 6 heteroatoms. The first-order chi connectivity index (χ1) is 12.6. The lowest BCUT2D eigenvalue weighted by molar-refractivity contribution is 0.102. The van der Waals surface area contributed by atoms with Crippen molar-refractivity contribution in [3.63, 3.8) is 0 Å². The number of benzene rings is 2. The molecule has 0 unspecified atom stereocenters. The van der Waals surface area contributed by atoms with Gasteiger partial charge in [-0.05, 0) is 56.3 Å². The monoisotopic (exact) mass is 343 g/mol. The van der Waals surface area contributed by atoms with E-state index in [1.54, 1.807) is 11.0 Å². The number of hydrogen-bond acceptors (Lipinski definition) is 4. The summed E-state index contributed by atoms with van der Waals surface area (Å²) in [5.74, 6) is -0.174. The summed E-state index contributed by atoms with van der Waals surface area (Å²) in [5, 5.41) is 7.97. The van der Waals surface area contributed by atoms with Gasteiger partial charge in [-0.25, -0.2) is 9.67 Å². The maximum Gasteiger partial charge on any atom is 0.257 e. The number of nitrogens with one attached hydrogen (secondary N) is 1. The third-order valence-electron chi connectivity index (χ3n) is 4.21. The van der Waals surface area contributed by atoms with E-state index in [0.29, 0.717) is 16.9 Å². The van der Waals surface area contributed by atoms with Crippen molar-refractivity contribution in [2.24, 2.45) is 0 Å². The number of carbonyl (C=O) groups excluding carboxylic acids is 1. The summed E-state index contributed by atoms with van der Waals surface area (Å²) in [4.78, 5) is 21.2. The van der Waals surface area contributed by atoms with Gasteiger partial charge in [-0.3, -0.25) is 9.78 Å². The first-order valence-corrected chi connectivity index (χ1v) is 8.24. The number of nitrogens with zero attached hydrogens (tertiary/aromatic N) is 4. The number of rotatable bonds is 3. The van der Waals surface area contributed by atoms with Gasteiger partial charge >= 0.3 is 0 Å². The van der Waals surface area contributed by atoms with Crippen LogP contribution >= 0.6 is 0 Å². The summed E-state index contributed by atoms with van der Waals surface area (Å²) in [6.45, 7) is 3.87. The Hall–Kier alpha value is -3.54. The number of amides is 1. The minimum Gasteiger partial charge on any atom is -0.322 e. The lowest BCUT2D eigenvalue weighted by atomic mass is 10.1. The summed E-state index contributed by atoms with van der Waals surface area (Å²) >= 11 is 0. The lowest BCUT2D eigenvalue weighted by Crippen LogP contribution is -2.14. The third kappa shape index (κ3) is 3.04. The molecule has 4 rings (SSSR count). The Bertz CT molecular complexity index is 1090. The van der Waals surface area contributed by atoms with E-state index in [0.717, 1.165) is 22.2 Å². The lowest BCUT2D eigenvalue weighted by Gasteiger charge is -2.10. The Morgan fingerprint density at radius 3 is 2.58 bits per heavy atom. The van der Waals surface area contributed by atoms with Crippen molar-refractivity contribution in [1.29, 1.82) is 0 Å². The second-order valence-electron chi connectivity index (χ2n) is 6.16. The van der Waals surface area contributed by atoms with Gasteiger partial charge in [0.15, 0.2) is 0 Å². The van der Waals surface area contributed by atoms with E-state index in [4.69, 9.17) is 0 Å². The highest BCUT2D eigenvalue weighted by molar-refractivity contribution is 6.06. The average molecular weight is 343 g/mol. The predicted octanol–water partition coefficient (Wildman–Crippen LogP) is 3.68. The van der Waals surface area contributed by atoms with Crippen LogP contribution in [0.25, 0.3) is 16.6 Å². The van der Waals surface area contributed by atoms with Crippen LogP contribution in [0.3, 0.4) is 0 Å². The molecular weight excluding hydrogens is 326 g/mol. The Morgan fingerprint density at radius 1 is 1.04 bits per heavy atom. The number of hydrogen-bond donors (Lipinski definition) is 1. The number of aryl methyl sites for hydroxylation is 2. The fraction of sp³-hybridized carbons (Fsp3) is 0.100. The van der Waals surface area contributed by atoms with Gasteiger partial charge < -0.3 is 5.32 Å². The number of pyridine rings is 1. The highest BCUT2D eigenvalue weighted by Gasteiger charge is 2.12. The molecule has 0 radical (unpaired) electrons. The number of fused-ring (bicyclic) bond motifs is 1. The van der Waals surface area contributed by atoms with Crippen LogP contribution in [-0.4, -0.2) is 25.7 Å². The summed E-state index contributed by atoms with van der Waals surface area (Å²) in [6.07, 6.45) is 3.10. The molecule has 2 aromatic carbocycles. The van der Waals surface area contributed by atoms with Crippen molar-refractivity contribution in [3.05, 3.63) is 78.0 Å². The maximum absolute atomic E-state index is 12.7. The third-order valence-corrected chi connectivity index (χ3v) is 4.21. The van der Waals surface area contributed by atoms with Gasteiger partial charge in [0.2, 0.25) is 0 Å². The van der Waals surface area contributed by atoms with Gasteiger partial charge in [0.25, 0.3) is 5.91 Å². The van der Waals surface area contributed by atoms with Gasteiger partial charge in [-0.1, -0.05) is 11.6 Å². The van der Waals surface area contributed by atoms with E-state index in [9.17, 15) is 4.79 Å². The molecule has 0 saturated carbocycles. The predicted molar refractivity (Wildman–Crippen MR) is 101 cm³/mol. The first kappa shape index (κ1) is 16.0. The molecule has 4 aromatic rings. The Balaban J connectivity index is 1.60. The van der Waals surface area contributed by atoms with Crippen LogP contribution in [0, 0.1) is 13.8 Å². The molecule has 1 amide bonds. The van der Waals surface area contributed by atoms with Crippen LogP contribution < -0.4 is 5.32 Å². The zero-order valence-electron chi connectivity index (χ0n) is 14.5. The first-order valence-electron chi connectivity index (χ1n) is 8.24. The molecule has 0 saturated heterocycles. The van der Waals surface area contributed by atoms with E-state index in [-0.39, 0.29) is 5.91 Å². The minimum atomic E-state index is -0.174. The van der Waals surface area contributed by atoms with Crippen LogP contribution in [0.1, 0.15) is 21.6 Å². The molecule has 0 aliphatic carbocycles. The molecule has 2 aromatic heterocycles. The molecule has 0 aliphatic rings.